The van der Waals surface area contributed by atoms with E-state index in [1.54, 1.807) is 0 Å². The smallest absolute Gasteiger partial charge is 0.216 e. The Labute approximate surface area is 116 Å². The number of halogens is 1. The Morgan fingerprint density at radius 2 is 2.21 bits per heavy atom. The number of imidazole rings is 1. The largest absolute Gasteiger partial charge is 0.355 e. The summed E-state index contributed by atoms with van der Waals surface area (Å²) in [6.07, 6.45) is 0.704. The quantitative estimate of drug-likeness (QED) is 0.833. The molecule has 0 aliphatic heterocycles. The lowest BCUT2D eigenvalue weighted by molar-refractivity contribution is -0.118. The molecule has 0 radical (unpaired) electrons. The van der Waals surface area contributed by atoms with E-state index in [1.807, 2.05) is 18.7 Å². The standard InChI is InChI=1S/C12H18ClN5O/c1-8-11-12(17(3)16-8)18(7-6-14-9(2)19)10(15-11)4-5-13/h4-7H2,1-3H3,(H,14,19). The van der Waals surface area contributed by atoms with Gasteiger partial charge in [-0.15, -0.1) is 11.6 Å². The fraction of sp³-hybridized carbons (Fsp3) is 0.583. The molecule has 2 aromatic rings. The SMILES string of the molecule is CC(=O)NCCn1c(CCCl)nc2c(C)nn(C)c21. The Morgan fingerprint density at radius 3 is 2.84 bits per heavy atom. The molecule has 6 nitrogen and oxygen atoms in total. The van der Waals surface area contributed by atoms with Gasteiger partial charge in [0.15, 0.2) is 5.65 Å². The summed E-state index contributed by atoms with van der Waals surface area (Å²) in [4.78, 5) is 15.5. The number of aryl methyl sites for hydroxylation is 3. The molecule has 0 unspecified atom stereocenters. The highest BCUT2D eigenvalue weighted by molar-refractivity contribution is 6.17. The van der Waals surface area contributed by atoms with E-state index in [2.05, 4.69) is 20.0 Å². The number of amides is 1. The lowest BCUT2D eigenvalue weighted by Gasteiger charge is -2.09. The van der Waals surface area contributed by atoms with Gasteiger partial charge in [0.25, 0.3) is 0 Å². The zero-order chi connectivity index (χ0) is 14.0. The predicted octanol–water partition coefficient (Wildman–Crippen LogP) is 0.996. The van der Waals surface area contributed by atoms with Gasteiger partial charge >= 0.3 is 0 Å². The molecule has 0 atom stereocenters. The van der Waals surface area contributed by atoms with Gasteiger partial charge in [0, 0.05) is 39.4 Å². The van der Waals surface area contributed by atoms with Gasteiger partial charge in [0.2, 0.25) is 5.91 Å². The summed E-state index contributed by atoms with van der Waals surface area (Å²) in [5.74, 6) is 1.43. The van der Waals surface area contributed by atoms with Crippen LogP contribution in [0.3, 0.4) is 0 Å². The van der Waals surface area contributed by atoms with E-state index in [1.165, 1.54) is 6.92 Å². The predicted molar refractivity (Wildman–Crippen MR) is 74.3 cm³/mol. The number of nitrogens with zero attached hydrogens (tertiary/aromatic N) is 4. The van der Waals surface area contributed by atoms with Crippen molar-refractivity contribution in [3.05, 3.63) is 11.5 Å². The zero-order valence-electron chi connectivity index (χ0n) is 11.4. The normalized spacial score (nSPS) is 11.2. The molecule has 0 fully saturated rings. The van der Waals surface area contributed by atoms with Crippen molar-refractivity contribution in [3.63, 3.8) is 0 Å². The van der Waals surface area contributed by atoms with Crippen LogP contribution >= 0.6 is 11.6 Å². The Morgan fingerprint density at radius 1 is 1.47 bits per heavy atom. The second kappa shape index (κ2) is 5.61. The van der Waals surface area contributed by atoms with Gasteiger partial charge in [0.1, 0.15) is 11.3 Å². The summed E-state index contributed by atoms with van der Waals surface area (Å²) in [6.45, 7) is 4.69. The molecule has 1 amide bonds. The summed E-state index contributed by atoms with van der Waals surface area (Å²) in [5, 5.41) is 7.16. The van der Waals surface area contributed by atoms with Gasteiger partial charge < -0.3 is 9.88 Å². The van der Waals surface area contributed by atoms with Gasteiger partial charge in [-0.3, -0.25) is 9.48 Å². The molecule has 7 heteroatoms. The van der Waals surface area contributed by atoms with Crippen LogP contribution < -0.4 is 5.32 Å². The average molecular weight is 284 g/mol. The van der Waals surface area contributed by atoms with Crippen LogP contribution in [0.4, 0.5) is 0 Å². The number of nitrogens with one attached hydrogen (secondary N) is 1. The summed E-state index contributed by atoms with van der Waals surface area (Å²) in [7, 11) is 1.90. The van der Waals surface area contributed by atoms with E-state index < -0.39 is 0 Å². The fourth-order valence-corrected chi connectivity index (χ4v) is 2.40. The van der Waals surface area contributed by atoms with Crippen molar-refractivity contribution in [2.45, 2.75) is 26.8 Å². The number of fused-ring (bicyclic) bond motifs is 1. The van der Waals surface area contributed by atoms with Crippen LogP contribution in [-0.4, -0.2) is 37.7 Å². The number of aromatic nitrogens is 4. The highest BCUT2D eigenvalue weighted by Gasteiger charge is 2.16. The molecule has 0 aliphatic rings. The molecule has 1 N–H and O–H groups in total. The molecule has 0 aromatic carbocycles. The summed E-state index contributed by atoms with van der Waals surface area (Å²) >= 11 is 5.82. The van der Waals surface area contributed by atoms with Crippen molar-refractivity contribution in [2.75, 3.05) is 12.4 Å². The number of carbonyl (C=O) groups excluding carboxylic acids is 1. The first-order valence-corrected chi connectivity index (χ1v) is 6.77. The van der Waals surface area contributed by atoms with Gasteiger partial charge in [0.05, 0.1) is 5.69 Å². The van der Waals surface area contributed by atoms with Crippen LogP contribution in [0.2, 0.25) is 0 Å². The number of hydrogen-bond acceptors (Lipinski definition) is 3. The number of alkyl halides is 1. The summed E-state index contributed by atoms with van der Waals surface area (Å²) < 4.78 is 3.90. The van der Waals surface area contributed by atoms with Crippen LogP contribution in [0.1, 0.15) is 18.4 Å². The third-order valence-corrected chi connectivity index (χ3v) is 3.19. The number of carbonyl (C=O) groups is 1. The van der Waals surface area contributed by atoms with Crippen molar-refractivity contribution < 1.29 is 4.79 Å². The molecule has 2 heterocycles. The number of hydrogen-bond donors (Lipinski definition) is 1. The molecule has 0 aliphatic carbocycles. The maximum atomic E-state index is 10.9. The fourth-order valence-electron chi connectivity index (χ4n) is 2.23. The topological polar surface area (TPSA) is 64.7 Å². The Balaban J connectivity index is 2.36. The molecule has 0 spiro atoms. The van der Waals surface area contributed by atoms with E-state index in [0.717, 1.165) is 22.7 Å². The molecule has 2 rings (SSSR count). The van der Waals surface area contributed by atoms with E-state index in [9.17, 15) is 4.79 Å². The van der Waals surface area contributed by atoms with E-state index in [4.69, 9.17) is 11.6 Å². The average Bonchev–Trinajstić information content (AvgIpc) is 2.80. The second-order valence-electron chi connectivity index (χ2n) is 4.48. The minimum Gasteiger partial charge on any atom is -0.355 e. The highest BCUT2D eigenvalue weighted by Crippen LogP contribution is 2.19. The maximum Gasteiger partial charge on any atom is 0.216 e. The lowest BCUT2D eigenvalue weighted by atomic mass is 10.4. The minimum absolute atomic E-state index is 0.0311. The summed E-state index contributed by atoms with van der Waals surface area (Å²) in [6, 6.07) is 0. The molecular formula is C12H18ClN5O. The molecule has 0 saturated heterocycles. The third-order valence-electron chi connectivity index (χ3n) is 3.00. The Kier molecular flexibility index (Phi) is 4.09. The first-order valence-electron chi connectivity index (χ1n) is 6.23. The lowest BCUT2D eigenvalue weighted by Crippen LogP contribution is -2.25. The van der Waals surface area contributed by atoms with Crippen molar-refractivity contribution in [1.82, 2.24) is 24.6 Å². The highest BCUT2D eigenvalue weighted by atomic mass is 35.5. The van der Waals surface area contributed by atoms with Crippen LogP contribution in [0, 0.1) is 6.92 Å². The van der Waals surface area contributed by atoms with E-state index in [-0.39, 0.29) is 5.91 Å². The van der Waals surface area contributed by atoms with Crippen molar-refractivity contribution >= 4 is 28.7 Å². The van der Waals surface area contributed by atoms with Gasteiger partial charge in [-0.05, 0) is 6.92 Å². The Hall–Kier alpha value is -1.56. The molecule has 19 heavy (non-hydrogen) atoms. The third kappa shape index (κ3) is 2.73. The molecular weight excluding hydrogens is 266 g/mol. The first-order chi connectivity index (χ1) is 9.04. The number of rotatable bonds is 5. The maximum absolute atomic E-state index is 10.9. The van der Waals surface area contributed by atoms with Crippen molar-refractivity contribution in [1.29, 1.82) is 0 Å². The van der Waals surface area contributed by atoms with Crippen LogP contribution in [-0.2, 0) is 24.8 Å². The first kappa shape index (κ1) is 13.9. The minimum atomic E-state index is -0.0311. The van der Waals surface area contributed by atoms with Gasteiger partial charge in [-0.25, -0.2) is 4.98 Å². The summed E-state index contributed by atoms with van der Waals surface area (Å²) in [5.41, 5.74) is 2.79. The Bertz CT molecular complexity index is 601. The van der Waals surface area contributed by atoms with Crippen LogP contribution in [0.25, 0.3) is 11.2 Å². The monoisotopic (exact) mass is 283 g/mol. The van der Waals surface area contributed by atoms with Crippen molar-refractivity contribution in [2.24, 2.45) is 7.05 Å². The molecule has 0 bridgehead atoms. The van der Waals surface area contributed by atoms with Crippen LogP contribution in [0.5, 0.6) is 0 Å². The second-order valence-corrected chi connectivity index (χ2v) is 4.86. The van der Waals surface area contributed by atoms with E-state index >= 15 is 0 Å². The molecule has 0 saturated carbocycles. The van der Waals surface area contributed by atoms with Crippen molar-refractivity contribution in [3.8, 4) is 0 Å². The molecule has 104 valence electrons. The molecule has 2 aromatic heterocycles. The van der Waals surface area contributed by atoms with Gasteiger partial charge in [-0.1, -0.05) is 0 Å². The van der Waals surface area contributed by atoms with Crippen LogP contribution in [0.15, 0.2) is 0 Å². The van der Waals surface area contributed by atoms with E-state index in [0.29, 0.717) is 25.4 Å². The van der Waals surface area contributed by atoms with Gasteiger partial charge in [-0.2, -0.15) is 5.10 Å². The zero-order valence-corrected chi connectivity index (χ0v) is 12.2.